The van der Waals surface area contributed by atoms with Gasteiger partial charge in [0.2, 0.25) is 0 Å². The maximum absolute atomic E-state index is 12.9. The molecule has 1 aromatic carbocycles. The standard InChI is InChI=1S/C25H21N5O3S/c1-15-11-17(16(2)29(15)19-7-9-20(10-8-19)30(32)33)12-18(13-26)24(31)28-25-22(14-27)21-5-3-4-6-23(21)34-25/h7-12H,3-6H2,1-2H3,(H,28,31)/b18-12+. The molecule has 0 bridgehead atoms. The van der Waals surface area contributed by atoms with E-state index in [4.69, 9.17) is 0 Å². The maximum atomic E-state index is 12.9. The number of nitro groups is 1. The van der Waals surface area contributed by atoms with Gasteiger partial charge >= 0.3 is 0 Å². The number of rotatable bonds is 5. The van der Waals surface area contributed by atoms with Gasteiger partial charge in [0.1, 0.15) is 22.7 Å². The predicted octanol–water partition coefficient (Wildman–Crippen LogP) is 5.36. The number of nitro benzene ring substituents is 1. The van der Waals surface area contributed by atoms with Gasteiger partial charge in [-0.05, 0) is 74.9 Å². The summed E-state index contributed by atoms with van der Waals surface area (Å²) in [6.45, 7) is 3.74. The number of thiophene rings is 1. The molecular formula is C25H21N5O3S. The maximum Gasteiger partial charge on any atom is 0.269 e. The van der Waals surface area contributed by atoms with Gasteiger partial charge in [0.15, 0.2) is 0 Å². The minimum atomic E-state index is -0.558. The third-order valence-corrected chi connectivity index (χ3v) is 7.17. The molecule has 170 valence electrons. The molecule has 2 aromatic heterocycles. The molecule has 0 aliphatic heterocycles. The van der Waals surface area contributed by atoms with Crippen molar-refractivity contribution in [2.45, 2.75) is 39.5 Å². The first-order valence-corrected chi connectivity index (χ1v) is 11.6. The second-order valence-corrected chi connectivity index (χ2v) is 9.19. The van der Waals surface area contributed by atoms with Crippen molar-refractivity contribution in [3.05, 3.63) is 79.0 Å². The van der Waals surface area contributed by atoms with Crippen LogP contribution in [0.1, 0.15) is 45.8 Å². The number of nitrogens with zero attached hydrogens (tertiary/aromatic N) is 4. The van der Waals surface area contributed by atoms with Crippen LogP contribution in [0.25, 0.3) is 11.8 Å². The minimum absolute atomic E-state index is 0.00163. The van der Waals surface area contributed by atoms with Crippen LogP contribution in [0.2, 0.25) is 0 Å². The molecule has 1 aliphatic rings. The Labute approximate surface area is 200 Å². The molecule has 0 unspecified atom stereocenters. The highest BCUT2D eigenvalue weighted by Crippen LogP contribution is 2.37. The number of benzene rings is 1. The average molecular weight is 472 g/mol. The number of hydrogen-bond acceptors (Lipinski definition) is 6. The number of nitriles is 2. The second kappa shape index (κ2) is 9.34. The van der Waals surface area contributed by atoms with E-state index in [1.54, 1.807) is 12.1 Å². The van der Waals surface area contributed by atoms with E-state index in [1.165, 1.54) is 29.5 Å². The van der Waals surface area contributed by atoms with Crippen molar-refractivity contribution in [3.8, 4) is 17.8 Å². The third kappa shape index (κ3) is 4.21. The van der Waals surface area contributed by atoms with Gasteiger partial charge in [-0.2, -0.15) is 10.5 Å². The first kappa shape index (κ1) is 23.0. The van der Waals surface area contributed by atoms with Gasteiger partial charge in [0, 0.05) is 34.1 Å². The highest BCUT2D eigenvalue weighted by Gasteiger charge is 2.23. The Kier molecular flexibility index (Phi) is 6.31. The molecule has 4 rings (SSSR count). The van der Waals surface area contributed by atoms with Crippen LogP contribution in [0.4, 0.5) is 10.7 Å². The number of hydrogen-bond donors (Lipinski definition) is 1. The highest BCUT2D eigenvalue weighted by atomic mass is 32.1. The van der Waals surface area contributed by atoms with E-state index in [0.29, 0.717) is 16.1 Å². The smallest absolute Gasteiger partial charge is 0.269 e. The molecule has 34 heavy (non-hydrogen) atoms. The fourth-order valence-electron chi connectivity index (χ4n) is 4.30. The lowest BCUT2D eigenvalue weighted by atomic mass is 9.96. The monoisotopic (exact) mass is 471 g/mol. The van der Waals surface area contributed by atoms with Gasteiger partial charge in [-0.25, -0.2) is 0 Å². The van der Waals surface area contributed by atoms with Crippen molar-refractivity contribution in [1.29, 1.82) is 10.5 Å². The number of aryl methyl sites for hydroxylation is 2. The van der Waals surface area contributed by atoms with Crippen LogP contribution < -0.4 is 5.32 Å². The van der Waals surface area contributed by atoms with Crippen molar-refractivity contribution in [2.24, 2.45) is 0 Å². The highest BCUT2D eigenvalue weighted by molar-refractivity contribution is 7.16. The Morgan fingerprint density at radius 3 is 2.56 bits per heavy atom. The van der Waals surface area contributed by atoms with Crippen molar-refractivity contribution in [1.82, 2.24) is 4.57 Å². The number of non-ortho nitro benzene ring substituents is 1. The third-order valence-electron chi connectivity index (χ3n) is 5.96. The number of carbonyl (C=O) groups is 1. The predicted molar refractivity (Wildman–Crippen MR) is 130 cm³/mol. The van der Waals surface area contributed by atoms with Crippen molar-refractivity contribution >= 4 is 34.0 Å². The Bertz CT molecular complexity index is 1410. The van der Waals surface area contributed by atoms with Crippen LogP contribution in [0, 0.1) is 46.6 Å². The van der Waals surface area contributed by atoms with Gasteiger partial charge in [-0.15, -0.1) is 11.3 Å². The zero-order chi connectivity index (χ0) is 24.4. The van der Waals surface area contributed by atoms with Crippen LogP contribution in [0.5, 0.6) is 0 Å². The summed E-state index contributed by atoms with van der Waals surface area (Å²) in [4.78, 5) is 24.5. The fraction of sp³-hybridized carbons (Fsp3) is 0.240. The SMILES string of the molecule is Cc1cc(/C=C(\C#N)C(=O)Nc2sc3c(c2C#N)CCCC3)c(C)n1-c1ccc([N+](=O)[O-])cc1. The second-order valence-electron chi connectivity index (χ2n) is 8.09. The Balaban J connectivity index is 1.63. The Morgan fingerprint density at radius 2 is 1.91 bits per heavy atom. The lowest BCUT2D eigenvalue weighted by Crippen LogP contribution is -2.13. The van der Waals surface area contributed by atoms with Crippen molar-refractivity contribution in [2.75, 3.05) is 5.32 Å². The average Bonchev–Trinajstić information content (AvgIpc) is 3.32. The zero-order valence-corrected chi connectivity index (χ0v) is 19.5. The molecule has 8 nitrogen and oxygen atoms in total. The summed E-state index contributed by atoms with van der Waals surface area (Å²) in [5, 5.41) is 33.5. The van der Waals surface area contributed by atoms with Crippen LogP contribution in [-0.4, -0.2) is 15.4 Å². The van der Waals surface area contributed by atoms with Gasteiger partial charge in [-0.3, -0.25) is 14.9 Å². The van der Waals surface area contributed by atoms with Gasteiger partial charge in [-0.1, -0.05) is 0 Å². The van der Waals surface area contributed by atoms with E-state index >= 15 is 0 Å². The molecule has 0 saturated carbocycles. The van der Waals surface area contributed by atoms with Gasteiger partial charge in [0.25, 0.3) is 11.6 Å². The lowest BCUT2D eigenvalue weighted by Gasteiger charge is -2.09. The fourth-order valence-corrected chi connectivity index (χ4v) is 5.54. The number of aromatic nitrogens is 1. The summed E-state index contributed by atoms with van der Waals surface area (Å²) in [7, 11) is 0. The van der Waals surface area contributed by atoms with E-state index in [2.05, 4.69) is 11.4 Å². The van der Waals surface area contributed by atoms with Gasteiger partial charge in [0.05, 0.1) is 10.5 Å². The number of carbonyl (C=O) groups excluding carboxylic acids is 1. The molecule has 1 aliphatic carbocycles. The molecule has 0 saturated heterocycles. The van der Waals surface area contributed by atoms with E-state index in [1.807, 2.05) is 30.6 Å². The first-order chi connectivity index (χ1) is 16.3. The molecule has 1 amide bonds. The van der Waals surface area contributed by atoms with Crippen molar-refractivity contribution < 1.29 is 9.72 Å². The van der Waals surface area contributed by atoms with E-state index in [0.717, 1.165) is 53.2 Å². The molecule has 0 radical (unpaired) electrons. The van der Waals surface area contributed by atoms with Crippen molar-refractivity contribution in [3.63, 3.8) is 0 Å². The lowest BCUT2D eigenvalue weighted by molar-refractivity contribution is -0.384. The number of nitrogens with one attached hydrogen (secondary N) is 1. The normalized spacial score (nSPS) is 13.0. The van der Waals surface area contributed by atoms with Crippen LogP contribution in [0.3, 0.4) is 0 Å². The summed E-state index contributed by atoms with van der Waals surface area (Å²) in [5.74, 6) is -0.558. The summed E-state index contributed by atoms with van der Waals surface area (Å²) >= 11 is 1.42. The first-order valence-electron chi connectivity index (χ1n) is 10.8. The van der Waals surface area contributed by atoms with E-state index < -0.39 is 10.8 Å². The molecule has 0 atom stereocenters. The van der Waals surface area contributed by atoms with Crippen LogP contribution in [-0.2, 0) is 17.6 Å². The summed E-state index contributed by atoms with van der Waals surface area (Å²) in [5.41, 5.74) is 4.52. The summed E-state index contributed by atoms with van der Waals surface area (Å²) in [6, 6.07) is 12.2. The minimum Gasteiger partial charge on any atom is -0.318 e. The number of anilines is 1. The topological polar surface area (TPSA) is 125 Å². The quantitative estimate of drug-likeness (QED) is 0.232. The van der Waals surface area contributed by atoms with Gasteiger partial charge < -0.3 is 9.88 Å². The molecule has 1 N–H and O–H groups in total. The molecule has 9 heteroatoms. The molecular weight excluding hydrogens is 450 g/mol. The van der Waals surface area contributed by atoms with Crippen LogP contribution >= 0.6 is 11.3 Å². The molecule has 2 heterocycles. The van der Waals surface area contributed by atoms with E-state index in [9.17, 15) is 25.4 Å². The number of amides is 1. The Hall–Kier alpha value is -4.21. The summed E-state index contributed by atoms with van der Waals surface area (Å²) < 4.78 is 1.91. The zero-order valence-electron chi connectivity index (χ0n) is 18.7. The molecule has 3 aromatic rings. The Morgan fingerprint density at radius 1 is 1.21 bits per heavy atom. The number of fused-ring (bicyclic) bond motifs is 1. The van der Waals surface area contributed by atoms with E-state index in [-0.39, 0.29) is 11.3 Å². The summed E-state index contributed by atoms with van der Waals surface area (Å²) in [6.07, 6.45) is 5.36. The molecule has 0 spiro atoms. The molecule has 0 fully saturated rings. The largest absolute Gasteiger partial charge is 0.318 e. The van der Waals surface area contributed by atoms with Crippen LogP contribution in [0.15, 0.2) is 35.9 Å².